The van der Waals surface area contributed by atoms with Crippen LogP contribution in [0.25, 0.3) is 0 Å². The molecule has 0 saturated carbocycles. The van der Waals surface area contributed by atoms with Gasteiger partial charge >= 0.3 is 0 Å². The second-order valence-electron chi connectivity index (χ2n) is 2.91. The van der Waals surface area contributed by atoms with E-state index in [4.69, 9.17) is 0 Å². The molecule has 0 aliphatic carbocycles. The molecule has 0 saturated heterocycles. The maximum absolute atomic E-state index is 11.6. The number of sulfonamides is 1. The van der Waals surface area contributed by atoms with E-state index < -0.39 is 10.0 Å². The van der Waals surface area contributed by atoms with Crippen molar-refractivity contribution in [1.29, 1.82) is 0 Å². The van der Waals surface area contributed by atoms with Crippen LogP contribution in [0.2, 0.25) is 0 Å². The van der Waals surface area contributed by atoms with Gasteiger partial charge in [0.25, 0.3) is 0 Å². The Morgan fingerprint density at radius 3 is 2.87 bits per heavy atom. The number of nitrogens with one attached hydrogen (secondary N) is 3. The van der Waals surface area contributed by atoms with Crippen LogP contribution in [0, 0.1) is 0 Å². The summed E-state index contributed by atoms with van der Waals surface area (Å²) in [4.78, 5) is 9.62. The topological polar surface area (TPSA) is 90.6 Å². The first kappa shape index (κ1) is 9.94. The molecule has 0 amide bonds. The fourth-order valence-corrected chi connectivity index (χ4v) is 2.08. The van der Waals surface area contributed by atoms with Gasteiger partial charge in [0.2, 0.25) is 10.0 Å². The van der Waals surface area contributed by atoms with Crippen molar-refractivity contribution in [2.75, 3.05) is 0 Å². The standard InChI is InChI=1S/C8H10N4O2S/c13-15(14,7-1-2-9-5-7)12-6-8-10-3-4-11-8/h1-5,9,12H,6H2,(H,10,11). The third-order valence-electron chi connectivity index (χ3n) is 1.86. The Morgan fingerprint density at radius 2 is 2.27 bits per heavy atom. The second-order valence-corrected chi connectivity index (χ2v) is 4.67. The number of hydrogen-bond acceptors (Lipinski definition) is 3. The van der Waals surface area contributed by atoms with Crippen LogP contribution in [0.4, 0.5) is 0 Å². The molecule has 2 heterocycles. The molecular weight excluding hydrogens is 216 g/mol. The second kappa shape index (κ2) is 3.87. The van der Waals surface area contributed by atoms with Crippen molar-refractivity contribution in [2.24, 2.45) is 0 Å². The molecule has 80 valence electrons. The predicted octanol–water partition coefficient (Wildman–Crippen LogP) is 0.216. The minimum atomic E-state index is -3.43. The molecule has 0 unspecified atom stereocenters. The molecule has 7 heteroatoms. The molecule has 0 fully saturated rings. The third kappa shape index (κ3) is 2.25. The summed E-state index contributed by atoms with van der Waals surface area (Å²) in [6.45, 7) is 0.153. The van der Waals surface area contributed by atoms with Gasteiger partial charge in [-0.25, -0.2) is 18.1 Å². The normalized spacial score (nSPS) is 11.7. The van der Waals surface area contributed by atoms with E-state index in [0.29, 0.717) is 5.82 Å². The first-order chi connectivity index (χ1) is 7.18. The van der Waals surface area contributed by atoms with Crippen molar-refractivity contribution in [3.05, 3.63) is 36.7 Å². The van der Waals surface area contributed by atoms with Gasteiger partial charge in [0.15, 0.2) is 0 Å². The molecule has 0 bridgehead atoms. The zero-order valence-electron chi connectivity index (χ0n) is 7.77. The van der Waals surface area contributed by atoms with Crippen LogP contribution >= 0.6 is 0 Å². The fourth-order valence-electron chi connectivity index (χ4n) is 1.12. The molecule has 6 nitrogen and oxygen atoms in total. The summed E-state index contributed by atoms with van der Waals surface area (Å²) >= 11 is 0. The molecule has 0 spiro atoms. The van der Waals surface area contributed by atoms with Crippen molar-refractivity contribution in [3.63, 3.8) is 0 Å². The highest BCUT2D eigenvalue weighted by atomic mass is 32.2. The molecule has 2 rings (SSSR count). The number of nitrogens with zero attached hydrogens (tertiary/aromatic N) is 1. The van der Waals surface area contributed by atoms with Gasteiger partial charge in [-0.05, 0) is 6.07 Å². The quantitative estimate of drug-likeness (QED) is 0.696. The van der Waals surface area contributed by atoms with Crippen LogP contribution < -0.4 is 4.72 Å². The summed E-state index contributed by atoms with van der Waals surface area (Å²) in [6.07, 6.45) is 6.19. The molecular formula is C8H10N4O2S. The van der Waals surface area contributed by atoms with Crippen LogP contribution in [0.3, 0.4) is 0 Å². The molecule has 0 aliphatic heterocycles. The van der Waals surface area contributed by atoms with Crippen LogP contribution in [0.15, 0.2) is 35.7 Å². The van der Waals surface area contributed by atoms with E-state index in [2.05, 4.69) is 19.7 Å². The Morgan fingerprint density at radius 1 is 1.40 bits per heavy atom. The van der Waals surface area contributed by atoms with Gasteiger partial charge in [0, 0.05) is 24.8 Å². The lowest BCUT2D eigenvalue weighted by molar-refractivity contribution is 0.580. The van der Waals surface area contributed by atoms with E-state index >= 15 is 0 Å². The number of aromatic nitrogens is 3. The summed E-state index contributed by atoms with van der Waals surface area (Å²) in [5, 5.41) is 0. The molecule has 3 N–H and O–H groups in total. The van der Waals surface area contributed by atoms with Crippen LogP contribution in [-0.4, -0.2) is 23.4 Å². The molecule has 0 radical (unpaired) electrons. The average Bonchev–Trinajstić information content (AvgIpc) is 2.88. The molecule has 0 atom stereocenters. The van der Waals surface area contributed by atoms with E-state index in [1.165, 1.54) is 12.3 Å². The SMILES string of the molecule is O=S(=O)(NCc1ncc[nH]1)c1cc[nH]c1. The smallest absolute Gasteiger partial charge is 0.242 e. The summed E-state index contributed by atoms with van der Waals surface area (Å²) in [6, 6.07) is 1.49. The van der Waals surface area contributed by atoms with Crippen molar-refractivity contribution in [1.82, 2.24) is 19.7 Å². The third-order valence-corrected chi connectivity index (χ3v) is 3.26. The molecule has 0 aromatic carbocycles. The lowest BCUT2D eigenvalue weighted by Crippen LogP contribution is -2.23. The summed E-state index contributed by atoms with van der Waals surface area (Å²) in [5.41, 5.74) is 0. The lowest BCUT2D eigenvalue weighted by Gasteiger charge is -2.02. The van der Waals surface area contributed by atoms with Gasteiger partial charge in [-0.2, -0.15) is 0 Å². The lowest BCUT2D eigenvalue weighted by atomic mass is 10.6. The summed E-state index contributed by atoms with van der Waals surface area (Å²) < 4.78 is 25.7. The number of imidazole rings is 1. The maximum Gasteiger partial charge on any atom is 0.242 e. The van der Waals surface area contributed by atoms with Gasteiger partial charge in [-0.3, -0.25) is 0 Å². The highest BCUT2D eigenvalue weighted by Gasteiger charge is 2.13. The van der Waals surface area contributed by atoms with E-state index in [0.717, 1.165) is 0 Å². The van der Waals surface area contributed by atoms with Crippen molar-refractivity contribution in [3.8, 4) is 0 Å². The number of rotatable bonds is 4. The van der Waals surface area contributed by atoms with Crippen LogP contribution in [0.1, 0.15) is 5.82 Å². The number of hydrogen-bond donors (Lipinski definition) is 3. The minimum absolute atomic E-state index is 0.153. The largest absolute Gasteiger partial charge is 0.366 e. The zero-order valence-corrected chi connectivity index (χ0v) is 8.58. The van der Waals surface area contributed by atoms with Gasteiger partial charge in [-0.15, -0.1) is 0 Å². The Hall–Kier alpha value is -1.60. The van der Waals surface area contributed by atoms with Gasteiger partial charge in [0.1, 0.15) is 5.82 Å². The average molecular weight is 226 g/mol. The van der Waals surface area contributed by atoms with Crippen LogP contribution in [-0.2, 0) is 16.6 Å². The van der Waals surface area contributed by atoms with Gasteiger partial charge < -0.3 is 9.97 Å². The first-order valence-corrected chi connectivity index (χ1v) is 5.77. The van der Waals surface area contributed by atoms with Gasteiger partial charge in [0.05, 0.1) is 11.4 Å². The molecule has 0 aliphatic rings. The van der Waals surface area contributed by atoms with Gasteiger partial charge in [-0.1, -0.05) is 0 Å². The van der Waals surface area contributed by atoms with Crippen molar-refractivity contribution < 1.29 is 8.42 Å². The highest BCUT2D eigenvalue weighted by molar-refractivity contribution is 7.89. The van der Waals surface area contributed by atoms with Crippen molar-refractivity contribution in [2.45, 2.75) is 11.4 Å². The Kier molecular flexibility index (Phi) is 2.57. The highest BCUT2D eigenvalue weighted by Crippen LogP contribution is 2.06. The van der Waals surface area contributed by atoms with E-state index in [1.54, 1.807) is 18.6 Å². The van der Waals surface area contributed by atoms with E-state index in [1.807, 2.05) is 0 Å². The zero-order chi connectivity index (χ0) is 10.7. The first-order valence-electron chi connectivity index (χ1n) is 4.29. The minimum Gasteiger partial charge on any atom is -0.366 e. The monoisotopic (exact) mass is 226 g/mol. The Labute approximate surface area is 86.8 Å². The van der Waals surface area contributed by atoms with E-state index in [9.17, 15) is 8.42 Å². The van der Waals surface area contributed by atoms with E-state index in [-0.39, 0.29) is 11.4 Å². The Bertz CT molecular complexity index is 501. The van der Waals surface area contributed by atoms with Crippen LogP contribution in [0.5, 0.6) is 0 Å². The molecule has 2 aromatic rings. The van der Waals surface area contributed by atoms with Crippen molar-refractivity contribution >= 4 is 10.0 Å². The summed E-state index contributed by atoms with van der Waals surface area (Å²) in [5.74, 6) is 0.578. The summed E-state index contributed by atoms with van der Waals surface area (Å²) in [7, 11) is -3.43. The maximum atomic E-state index is 11.6. The Balaban J connectivity index is 2.06. The molecule has 15 heavy (non-hydrogen) atoms. The number of aromatic amines is 2. The fraction of sp³-hybridized carbons (Fsp3) is 0.125. The number of H-pyrrole nitrogens is 2. The molecule has 2 aromatic heterocycles. The predicted molar refractivity (Wildman–Crippen MR) is 53.4 cm³/mol.